The summed E-state index contributed by atoms with van der Waals surface area (Å²) in [5.74, 6) is 1.87. The van der Waals surface area contributed by atoms with Gasteiger partial charge in [0.2, 0.25) is 0 Å². The zero-order chi connectivity index (χ0) is 28.4. The van der Waals surface area contributed by atoms with Crippen LogP contribution in [0, 0.1) is 0 Å². The van der Waals surface area contributed by atoms with E-state index in [9.17, 15) is 0 Å². The van der Waals surface area contributed by atoms with Gasteiger partial charge in [-0.05, 0) is 81.8 Å². The maximum atomic E-state index is 6.03. The predicted molar refractivity (Wildman–Crippen MR) is 173 cm³/mol. The SMILES string of the molecule is CC(C)c1cccc(C(C)C)c1N=P(C1=C(Nc2c(C(C)C)cccc2C(C)C)CCC1)(C(C)C)C(C)C. The molecule has 0 saturated heterocycles. The Balaban J connectivity index is 2.37. The minimum atomic E-state index is -1.87. The van der Waals surface area contributed by atoms with Crippen LogP contribution >= 0.6 is 7.05 Å². The first-order valence-corrected chi connectivity index (χ1v) is 17.1. The smallest absolute Gasteiger partial charge is 0.0686 e. The lowest BCUT2D eigenvalue weighted by atomic mass is 9.92. The summed E-state index contributed by atoms with van der Waals surface area (Å²) in [6.07, 6.45) is 3.51. The summed E-state index contributed by atoms with van der Waals surface area (Å²) in [4.78, 5) is 0. The zero-order valence-electron chi connectivity index (χ0n) is 26.4. The molecule has 0 radical (unpaired) electrons. The van der Waals surface area contributed by atoms with Crippen LogP contribution in [0.2, 0.25) is 0 Å². The van der Waals surface area contributed by atoms with Crippen molar-refractivity contribution in [2.24, 2.45) is 4.74 Å². The van der Waals surface area contributed by atoms with Gasteiger partial charge in [-0.25, -0.2) is 0 Å². The Labute approximate surface area is 235 Å². The third-order valence-electron chi connectivity index (χ3n) is 8.45. The van der Waals surface area contributed by atoms with Crippen LogP contribution in [0.3, 0.4) is 0 Å². The lowest BCUT2D eigenvalue weighted by Crippen LogP contribution is -2.14. The van der Waals surface area contributed by atoms with Crippen LogP contribution in [-0.2, 0) is 0 Å². The Morgan fingerprint density at radius 1 is 0.605 bits per heavy atom. The second-order valence-corrected chi connectivity index (χ2v) is 17.4. The number of allylic oxidation sites excluding steroid dienone is 2. The lowest BCUT2D eigenvalue weighted by Gasteiger charge is -2.36. The van der Waals surface area contributed by atoms with E-state index in [1.54, 1.807) is 5.31 Å². The molecule has 1 aliphatic rings. The quantitative estimate of drug-likeness (QED) is 0.301. The van der Waals surface area contributed by atoms with Gasteiger partial charge in [-0.3, -0.25) is 4.74 Å². The van der Waals surface area contributed by atoms with E-state index in [4.69, 9.17) is 4.74 Å². The zero-order valence-corrected chi connectivity index (χ0v) is 27.3. The molecule has 3 rings (SSSR count). The highest BCUT2D eigenvalue weighted by atomic mass is 31.2. The van der Waals surface area contributed by atoms with Gasteiger partial charge in [0.1, 0.15) is 0 Å². The fourth-order valence-electron chi connectivity index (χ4n) is 6.41. The van der Waals surface area contributed by atoms with Gasteiger partial charge in [-0.1, -0.05) is 119 Å². The molecular weight excluding hydrogens is 479 g/mol. The first kappa shape index (κ1) is 30.7. The van der Waals surface area contributed by atoms with E-state index in [2.05, 4.69) is 125 Å². The fourth-order valence-corrected chi connectivity index (χ4v) is 11.1. The molecule has 0 bridgehead atoms. The van der Waals surface area contributed by atoms with E-state index in [0.717, 1.165) is 12.8 Å². The molecule has 0 fully saturated rings. The van der Waals surface area contributed by atoms with Crippen molar-refractivity contribution in [1.82, 2.24) is 0 Å². The van der Waals surface area contributed by atoms with Crippen molar-refractivity contribution in [2.45, 2.75) is 137 Å². The molecule has 2 aromatic carbocycles. The molecule has 0 aromatic heterocycles. The lowest BCUT2D eigenvalue weighted by molar-refractivity contribution is 0.834. The van der Waals surface area contributed by atoms with Crippen LogP contribution in [0.4, 0.5) is 11.4 Å². The minimum absolute atomic E-state index is 0.454. The van der Waals surface area contributed by atoms with Gasteiger partial charge in [0.25, 0.3) is 0 Å². The molecule has 38 heavy (non-hydrogen) atoms. The average molecular weight is 535 g/mol. The van der Waals surface area contributed by atoms with Gasteiger partial charge in [-0.2, -0.15) is 0 Å². The van der Waals surface area contributed by atoms with E-state index in [0.29, 0.717) is 35.0 Å². The predicted octanol–water partition coefficient (Wildman–Crippen LogP) is 12.3. The van der Waals surface area contributed by atoms with Gasteiger partial charge in [-0.15, -0.1) is 0 Å². The molecule has 0 amide bonds. The van der Waals surface area contributed by atoms with Crippen LogP contribution in [0.1, 0.15) is 148 Å². The largest absolute Gasteiger partial charge is 0.358 e. The molecule has 1 aliphatic carbocycles. The summed E-state index contributed by atoms with van der Waals surface area (Å²) in [5, 5.41) is 5.76. The highest BCUT2D eigenvalue weighted by molar-refractivity contribution is 7.72. The highest BCUT2D eigenvalue weighted by Crippen LogP contribution is 2.70. The first-order chi connectivity index (χ1) is 17.8. The molecule has 2 aromatic rings. The molecule has 0 saturated carbocycles. The van der Waals surface area contributed by atoms with Crippen molar-refractivity contribution < 1.29 is 0 Å². The normalized spacial score (nSPS) is 14.8. The Morgan fingerprint density at radius 3 is 1.42 bits per heavy atom. The van der Waals surface area contributed by atoms with Crippen LogP contribution in [0.15, 0.2) is 52.2 Å². The monoisotopic (exact) mass is 534 g/mol. The second-order valence-electron chi connectivity index (χ2n) is 13.1. The summed E-state index contributed by atoms with van der Waals surface area (Å²) >= 11 is 0. The highest BCUT2D eigenvalue weighted by Gasteiger charge is 2.37. The number of hydrogen-bond donors (Lipinski definition) is 1. The average Bonchev–Trinajstić information content (AvgIpc) is 3.29. The standard InChI is InChI=1S/C35H55N2P/c1-22(2)28-16-13-17-29(23(3)4)34(28)36-32-20-15-21-33(32)38(26(9)10,27(11)12)37-35-30(24(5)6)18-14-19-31(35)25(7)8/h13-14,16-19,22-27,36H,15,20-21H2,1-12H3. The molecule has 0 atom stereocenters. The van der Waals surface area contributed by atoms with E-state index in [1.807, 2.05) is 0 Å². The van der Waals surface area contributed by atoms with Crippen molar-refractivity contribution in [3.05, 3.63) is 69.7 Å². The Bertz CT molecular complexity index is 1130. The van der Waals surface area contributed by atoms with Crippen molar-refractivity contribution in [1.29, 1.82) is 0 Å². The maximum absolute atomic E-state index is 6.03. The number of benzene rings is 2. The number of hydrogen-bond acceptors (Lipinski definition) is 2. The van der Waals surface area contributed by atoms with Crippen molar-refractivity contribution in [3.63, 3.8) is 0 Å². The first-order valence-electron chi connectivity index (χ1n) is 15.2. The molecule has 1 N–H and O–H groups in total. The summed E-state index contributed by atoms with van der Waals surface area (Å²) in [7, 11) is -1.87. The number of rotatable bonds is 10. The van der Waals surface area contributed by atoms with Crippen LogP contribution in [0.25, 0.3) is 0 Å². The fraction of sp³-hybridized carbons (Fsp3) is 0.600. The van der Waals surface area contributed by atoms with Crippen molar-refractivity contribution in [2.75, 3.05) is 5.32 Å². The summed E-state index contributed by atoms with van der Waals surface area (Å²) in [6, 6.07) is 13.8. The molecule has 0 unspecified atom stereocenters. The number of anilines is 1. The summed E-state index contributed by atoms with van der Waals surface area (Å²) in [6.45, 7) is 28.3. The number of nitrogens with zero attached hydrogens (tertiary/aromatic N) is 1. The minimum Gasteiger partial charge on any atom is -0.358 e. The van der Waals surface area contributed by atoms with Gasteiger partial charge in [0.15, 0.2) is 0 Å². The van der Waals surface area contributed by atoms with Gasteiger partial charge in [0, 0.05) is 18.4 Å². The van der Waals surface area contributed by atoms with Crippen LogP contribution < -0.4 is 5.32 Å². The molecule has 0 heterocycles. The Hall–Kier alpha value is -1.79. The topological polar surface area (TPSA) is 24.4 Å². The van der Waals surface area contributed by atoms with Crippen molar-refractivity contribution in [3.8, 4) is 0 Å². The van der Waals surface area contributed by atoms with E-state index < -0.39 is 7.05 Å². The Morgan fingerprint density at radius 2 is 1.03 bits per heavy atom. The van der Waals surface area contributed by atoms with Crippen molar-refractivity contribution >= 4 is 18.4 Å². The molecule has 0 spiro atoms. The van der Waals surface area contributed by atoms with Gasteiger partial charge in [0.05, 0.1) is 5.69 Å². The van der Waals surface area contributed by atoms with Gasteiger partial charge >= 0.3 is 0 Å². The Kier molecular flexibility index (Phi) is 10.2. The third-order valence-corrected chi connectivity index (χ3v) is 13.5. The summed E-state index contributed by atoms with van der Waals surface area (Å²) < 4.78 is 6.03. The van der Waals surface area contributed by atoms with E-state index in [-0.39, 0.29) is 0 Å². The molecule has 0 aliphatic heterocycles. The molecule has 2 nitrogen and oxygen atoms in total. The molecular formula is C35H55N2P. The van der Waals surface area contributed by atoms with Crippen LogP contribution in [0.5, 0.6) is 0 Å². The molecule has 3 heteroatoms. The summed E-state index contributed by atoms with van der Waals surface area (Å²) in [5.41, 5.74) is 10.8. The van der Waals surface area contributed by atoms with E-state index in [1.165, 1.54) is 45.7 Å². The molecule has 210 valence electrons. The number of para-hydroxylation sites is 1. The van der Waals surface area contributed by atoms with Gasteiger partial charge < -0.3 is 5.32 Å². The second kappa shape index (κ2) is 12.6. The third kappa shape index (κ3) is 6.01. The maximum Gasteiger partial charge on any atom is 0.0686 e. The number of nitrogens with one attached hydrogen (secondary N) is 1. The van der Waals surface area contributed by atoms with E-state index >= 15 is 0 Å². The van der Waals surface area contributed by atoms with Crippen LogP contribution in [-0.4, -0.2) is 11.3 Å².